The number of carbonyl (C=O) groups is 3. The molecule has 1 aromatic heterocycles. The molecule has 2 bridgehead atoms. The fourth-order valence-corrected chi connectivity index (χ4v) is 4.56. The van der Waals surface area contributed by atoms with Crippen molar-refractivity contribution < 1.29 is 23.9 Å². The van der Waals surface area contributed by atoms with Gasteiger partial charge in [-0.3, -0.25) is 9.59 Å². The average molecular weight is 375 g/mol. The molecule has 2 aromatic rings. The van der Waals surface area contributed by atoms with E-state index in [0.29, 0.717) is 17.1 Å². The number of allylic oxidation sites excluding steroid dienone is 2. The van der Waals surface area contributed by atoms with Crippen LogP contribution in [0.15, 0.2) is 58.1 Å². The second-order valence-corrected chi connectivity index (χ2v) is 7.27. The molecule has 28 heavy (non-hydrogen) atoms. The first-order valence-electron chi connectivity index (χ1n) is 9.05. The number of nitrogens with zero attached hydrogens (tertiary/aromatic N) is 2. The van der Waals surface area contributed by atoms with E-state index in [1.165, 1.54) is 12.3 Å². The van der Waals surface area contributed by atoms with E-state index < -0.39 is 5.97 Å². The lowest BCUT2D eigenvalue weighted by Crippen LogP contribution is -2.28. The lowest BCUT2D eigenvalue weighted by atomic mass is 9.85. The predicted molar refractivity (Wildman–Crippen MR) is 95.6 cm³/mol. The van der Waals surface area contributed by atoms with Gasteiger partial charge in [0, 0.05) is 11.1 Å². The summed E-state index contributed by atoms with van der Waals surface area (Å²) in [5.74, 6) is -1.55. The van der Waals surface area contributed by atoms with Crippen molar-refractivity contribution >= 4 is 24.0 Å². The van der Waals surface area contributed by atoms with E-state index in [9.17, 15) is 19.5 Å². The van der Waals surface area contributed by atoms with Crippen LogP contribution in [0.5, 0.6) is 0 Å². The van der Waals surface area contributed by atoms with E-state index >= 15 is 0 Å². The third-order valence-electron chi connectivity index (χ3n) is 5.79. The van der Waals surface area contributed by atoms with Gasteiger partial charge in [-0.2, -0.15) is 10.1 Å². The molecule has 2 aliphatic carbocycles. The molecule has 7 nitrogen and oxygen atoms in total. The summed E-state index contributed by atoms with van der Waals surface area (Å²) >= 11 is 0. The van der Waals surface area contributed by atoms with Gasteiger partial charge in [0.25, 0.3) is 11.8 Å². The highest BCUT2D eigenvalue weighted by Gasteiger charge is 2.59. The topological polar surface area (TPSA) is 103 Å². The maximum absolute atomic E-state index is 12.6. The Balaban J connectivity index is 1.39. The summed E-state index contributed by atoms with van der Waals surface area (Å²) < 4.78 is 5.64. The van der Waals surface area contributed by atoms with Crippen molar-refractivity contribution in [3.05, 3.63) is 59.9 Å². The fourth-order valence-electron chi connectivity index (χ4n) is 4.56. The van der Waals surface area contributed by atoms with Crippen LogP contribution in [0.1, 0.15) is 22.5 Å². The van der Waals surface area contributed by atoms with Gasteiger partial charge < -0.3 is 14.3 Å². The molecule has 2 fully saturated rings. The van der Waals surface area contributed by atoms with Gasteiger partial charge in [-0.25, -0.2) is 0 Å². The predicted octanol–water partition coefficient (Wildman–Crippen LogP) is 1.45. The molecule has 3 aliphatic rings. The Bertz CT molecular complexity index is 1040. The molecule has 1 aromatic carbocycles. The SMILES string of the molecule is O=C([O-])c1ccccc1-c1ccc(/C=N\N2C(=O)[C@@H]3[C@H](C2=O)[C@@H]2C=C[C@H]3C2)o1. The van der Waals surface area contributed by atoms with Crippen LogP contribution < -0.4 is 5.11 Å². The molecule has 0 radical (unpaired) electrons. The zero-order valence-electron chi connectivity index (χ0n) is 14.6. The molecule has 7 heteroatoms. The number of carboxylic acids is 1. The highest BCUT2D eigenvalue weighted by Crippen LogP contribution is 2.52. The van der Waals surface area contributed by atoms with Gasteiger partial charge in [-0.1, -0.05) is 36.4 Å². The van der Waals surface area contributed by atoms with Gasteiger partial charge in [0.1, 0.15) is 11.5 Å². The van der Waals surface area contributed by atoms with Gasteiger partial charge in [-0.15, -0.1) is 0 Å². The number of furan rings is 1. The second kappa shape index (κ2) is 6.02. The number of imide groups is 1. The Labute approximate surface area is 159 Å². The first-order valence-corrected chi connectivity index (χ1v) is 9.05. The van der Waals surface area contributed by atoms with Gasteiger partial charge in [0.15, 0.2) is 0 Å². The zero-order chi connectivity index (χ0) is 19.4. The molecule has 140 valence electrons. The van der Waals surface area contributed by atoms with Crippen molar-refractivity contribution in [2.24, 2.45) is 28.8 Å². The highest BCUT2D eigenvalue weighted by atomic mass is 16.4. The van der Waals surface area contributed by atoms with Crippen LogP contribution in [0.2, 0.25) is 0 Å². The second-order valence-electron chi connectivity index (χ2n) is 7.27. The van der Waals surface area contributed by atoms with Crippen molar-refractivity contribution in [1.82, 2.24) is 5.01 Å². The standard InChI is InChI=1S/C21H16N2O5/c24-19-17-11-5-6-12(9-11)18(17)20(25)23(19)22-10-13-7-8-16(28-13)14-3-1-2-4-15(14)21(26)27/h1-8,10-12,17-18H,9H2,(H,26,27)/p-1/b22-10-/t11-,12+,17-,18+. The third-order valence-corrected chi connectivity index (χ3v) is 5.79. The van der Waals surface area contributed by atoms with E-state index in [2.05, 4.69) is 5.10 Å². The number of fused-ring (bicyclic) bond motifs is 5. The summed E-state index contributed by atoms with van der Waals surface area (Å²) in [6, 6.07) is 9.55. The summed E-state index contributed by atoms with van der Waals surface area (Å²) in [5, 5.41) is 16.3. The van der Waals surface area contributed by atoms with Crippen LogP contribution in [0, 0.1) is 23.7 Å². The lowest BCUT2D eigenvalue weighted by molar-refractivity contribution is -0.255. The van der Waals surface area contributed by atoms with E-state index in [-0.39, 0.29) is 41.0 Å². The molecule has 2 amide bonds. The van der Waals surface area contributed by atoms with Gasteiger partial charge in [-0.05, 0) is 30.4 Å². The number of benzene rings is 1. The minimum atomic E-state index is -1.30. The normalized spacial score (nSPS) is 27.9. The Morgan fingerprint density at radius 1 is 1.07 bits per heavy atom. The minimum Gasteiger partial charge on any atom is -0.545 e. The van der Waals surface area contributed by atoms with Crippen molar-refractivity contribution in [2.45, 2.75) is 6.42 Å². The molecule has 0 unspecified atom stereocenters. The Morgan fingerprint density at radius 3 is 2.43 bits per heavy atom. The number of hydrogen-bond acceptors (Lipinski definition) is 6. The Kier molecular flexibility index (Phi) is 3.58. The van der Waals surface area contributed by atoms with Crippen molar-refractivity contribution in [3.63, 3.8) is 0 Å². The monoisotopic (exact) mass is 375 g/mol. The van der Waals surface area contributed by atoms with Crippen molar-refractivity contribution in [2.75, 3.05) is 0 Å². The number of rotatable bonds is 4. The van der Waals surface area contributed by atoms with E-state index in [1.807, 2.05) is 12.2 Å². The van der Waals surface area contributed by atoms with Crippen LogP contribution in [-0.4, -0.2) is 29.0 Å². The van der Waals surface area contributed by atoms with Crippen molar-refractivity contribution in [3.8, 4) is 11.3 Å². The van der Waals surface area contributed by atoms with E-state index in [0.717, 1.165) is 11.4 Å². The molecule has 0 spiro atoms. The number of hydrazone groups is 1. The van der Waals surface area contributed by atoms with E-state index in [4.69, 9.17) is 4.42 Å². The van der Waals surface area contributed by atoms with E-state index in [1.54, 1.807) is 30.3 Å². The molecule has 1 saturated carbocycles. The zero-order valence-corrected chi connectivity index (χ0v) is 14.6. The van der Waals surface area contributed by atoms with Gasteiger partial charge in [0.2, 0.25) is 0 Å². The van der Waals surface area contributed by atoms with Crippen molar-refractivity contribution in [1.29, 1.82) is 0 Å². The van der Waals surface area contributed by atoms with Gasteiger partial charge in [0.05, 0.1) is 24.0 Å². The largest absolute Gasteiger partial charge is 0.545 e. The van der Waals surface area contributed by atoms with Gasteiger partial charge >= 0.3 is 0 Å². The fraction of sp³-hybridized carbons (Fsp3) is 0.238. The molecule has 0 N–H and O–H groups in total. The molecule has 2 heterocycles. The molecular formula is C21H15N2O5-. The number of carboxylic acid groups (broad SMARTS) is 1. The van der Waals surface area contributed by atoms with Crippen LogP contribution in [0.25, 0.3) is 11.3 Å². The number of carbonyl (C=O) groups excluding carboxylic acids is 3. The van der Waals surface area contributed by atoms with Crippen LogP contribution in [0.3, 0.4) is 0 Å². The first kappa shape index (κ1) is 16.7. The van der Waals surface area contributed by atoms with Crippen LogP contribution in [-0.2, 0) is 9.59 Å². The summed E-state index contributed by atoms with van der Waals surface area (Å²) in [6.07, 6.45) is 6.22. The smallest absolute Gasteiger partial charge is 0.254 e. The molecule has 5 rings (SSSR count). The minimum absolute atomic E-state index is 0.0148. The quantitative estimate of drug-likeness (QED) is 0.457. The Morgan fingerprint density at radius 2 is 1.75 bits per heavy atom. The van der Waals surface area contributed by atoms with Crippen LogP contribution >= 0.6 is 0 Å². The summed E-state index contributed by atoms with van der Waals surface area (Å²) in [5.41, 5.74) is 0.397. The summed E-state index contributed by atoms with van der Waals surface area (Å²) in [4.78, 5) is 36.5. The number of hydrogen-bond donors (Lipinski definition) is 0. The maximum atomic E-state index is 12.6. The van der Waals surface area contributed by atoms with Crippen LogP contribution in [0.4, 0.5) is 0 Å². The average Bonchev–Trinajstić information content (AvgIpc) is 3.46. The number of aromatic carboxylic acids is 1. The highest BCUT2D eigenvalue weighted by molar-refractivity contribution is 6.06. The third kappa shape index (κ3) is 2.36. The lowest BCUT2D eigenvalue weighted by Gasteiger charge is -2.13. The molecule has 1 aliphatic heterocycles. The molecular weight excluding hydrogens is 360 g/mol. The Hall–Kier alpha value is -3.48. The molecule has 4 atom stereocenters. The molecule has 1 saturated heterocycles. The first-order chi connectivity index (χ1) is 13.5. The summed E-state index contributed by atoms with van der Waals surface area (Å²) in [6.45, 7) is 0. The maximum Gasteiger partial charge on any atom is 0.254 e. The number of amides is 2. The summed E-state index contributed by atoms with van der Waals surface area (Å²) in [7, 11) is 0.